The largest absolute Gasteiger partial charge is 0.390 e. The summed E-state index contributed by atoms with van der Waals surface area (Å²) in [4.78, 5) is 0. The van der Waals surface area contributed by atoms with Crippen LogP contribution in [0.2, 0.25) is 5.02 Å². The van der Waals surface area contributed by atoms with Gasteiger partial charge in [-0.15, -0.1) is 0 Å². The van der Waals surface area contributed by atoms with Crippen molar-refractivity contribution in [1.82, 2.24) is 5.32 Å². The lowest BCUT2D eigenvalue weighted by molar-refractivity contribution is 0.0371. The first-order chi connectivity index (χ1) is 8.98. The Kier molecular flexibility index (Phi) is 4.82. The smallest absolute Gasteiger partial charge is 0.142 e. The summed E-state index contributed by atoms with van der Waals surface area (Å²) < 4.78 is 13.4. The Hall–Kier alpha value is -0.640. The van der Waals surface area contributed by atoms with Gasteiger partial charge in [-0.3, -0.25) is 0 Å². The van der Waals surface area contributed by atoms with Crippen molar-refractivity contribution < 1.29 is 9.50 Å². The highest BCUT2D eigenvalue weighted by molar-refractivity contribution is 6.31. The van der Waals surface area contributed by atoms with Crippen LogP contribution in [0.3, 0.4) is 0 Å². The molecule has 1 aliphatic rings. The van der Waals surface area contributed by atoms with Crippen LogP contribution in [-0.2, 0) is 6.42 Å². The molecule has 0 bridgehead atoms. The first kappa shape index (κ1) is 14.8. The standard InChI is InChI=1S/C15H21ClFNO/c1-15(19,10-12-6-2-3-8-18-12)9-11-5-4-7-13(17)14(11)16/h4-5,7,12,18-19H,2-3,6,8-10H2,1H3. The molecule has 1 saturated heterocycles. The van der Waals surface area contributed by atoms with E-state index in [1.54, 1.807) is 19.1 Å². The fraction of sp³-hybridized carbons (Fsp3) is 0.600. The molecule has 2 N–H and O–H groups in total. The number of aliphatic hydroxyl groups is 1. The molecule has 4 heteroatoms. The number of hydrogen-bond acceptors (Lipinski definition) is 2. The van der Waals surface area contributed by atoms with Gasteiger partial charge in [-0.25, -0.2) is 4.39 Å². The zero-order valence-corrected chi connectivity index (χ0v) is 12.0. The molecule has 0 aromatic heterocycles. The van der Waals surface area contributed by atoms with Gasteiger partial charge in [0, 0.05) is 12.5 Å². The van der Waals surface area contributed by atoms with E-state index in [-0.39, 0.29) is 5.02 Å². The maximum atomic E-state index is 13.4. The molecule has 0 spiro atoms. The summed E-state index contributed by atoms with van der Waals surface area (Å²) in [7, 11) is 0. The van der Waals surface area contributed by atoms with Gasteiger partial charge in [-0.05, 0) is 44.4 Å². The molecule has 2 atom stereocenters. The van der Waals surface area contributed by atoms with E-state index in [9.17, 15) is 9.50 Å². The molecule has 2 rings (SSSR count). The van der Waals surface area contributed by atoms with Crippen LogP contribution in [0.4, 0.5) is 4.39 Å². The van der Waals surface area contributed by atoms with Crippen LogP contribution < -0.4 is 5.32 Å². The van der Waals surface area contributed by atoms with Crippen LogP contribution in [0.5, 0.6) is 0 Å². The predicted octanol–water partition coefficient (Wildman–Crippen LogP) is 3.30. The molecule has 2 nitrogen and oxygen atoms in total. The fourth-order valence-corrected chi connectivity index (χ4v) is 2.99. The van der Waals surface area contributed by atoms with Gasteiger partial charge in [0.2, 0.25) is 0 Å². The van der Waals surface area contributed by atoms with Crippen LogP contribution in [0.25, 0.3) is 0 Å². The Balaban J connectivity index is 2.01. The minimum absolute atomic E-state index is 0.124. The quantitative estimate of drug-likeness (QED) is 0.890. The second-order valence-electron chi connectivity index (χ2n) is 5.74. The monoisotopic (exact) mass is 285 g/mol. The summed E-state index contributed by atoms with van der Waals surface area (Å²) >= 11 is 5.94. The highest BCUT2D eigenvalue weighted by Gasteiger charge is 2.27. The number of rotatable bonds is 4. The lowest BCUT2D eigenvalue weighted by Gasteiger charge is -2.32. The van der Waals surface area contributed by atoms with Crippen molar-refractivity contribution >= 4 is 11.6 Å². The highest BCUT2D eigenvalue weighted by Crippen LogP contribution is 2.27. The van der Waals surface area contributed by atoms with Gasteiger partial charge in [0.1, 0.15) is 5.82 Å². The molecule has 19 heavy (non-hydrogen) atoms. The molecule has 2 unspecified atom stereocenters. The summed E-state index contributed by atoms with van der Waals surface area (Å²) in [6.45, 7) is 2.81. The molecule has 106 valence electrons. The Morgan fingerprint density at radius 2 is 2.26 bits per heavy atom. The van der Waals surface area contributed by atoms with E-state index in [4.69, 9.17) is 11.6 Å². The van der Waals surface area contributed by atoms with Crippen LogP contribution >= 0.6 is 11.6 Å². The second kappa shape index (κ2) is 6.21. The van der Waals surface area contributed by atoms with Crippen LogP contribution in [-0.4, -0.2) is 23.3 Å². The van der Waals surface area contributed by atoms with E-state index >= 15 is 0 Å². The average Bonchev–Trinajstić information content (AvgIpc) is 2.35. The highest BCUT2D eigenvalue weighted by atomic mass is 35.5. The van der Waals surface area contributed by atoms with Gasteiger partial charge in [0.15, 0.2) is 0 Å². The van der Waals surface area contributed by atoms with Crippen molar-refractivity contribution in [2.45, 2.75) is 50.7 Å². The lowest BCUT2D eigenvalue weighted by atomic mass is 9.87. The maximum Gasteiger partial charge on any atom is 0.142 e. The van der Waals surface area contributed by atoms with Gasteiger partial charge in [-0.1, -0.05) is 30.2 Å². The lowest BCUT2D eigenvalue weighted by Crippen LogP contribution is -2.41. The Labute approximate surface area is 119 Å². The van der Waals surface area contributed by atoms with E-state index in [0.717, 1.165) is 13.0 Å². The van der Waals surface area contributed by atoms with Crippen LogP contribution in [0.1, 0.15) is 38.2 Å². The number of hydrogen-bond donors (Lipinski definition) is 2. The number of halogens is 2. The van der Waals surface area contributed by atoms with Crippen molar-refractivity contribution in [3.63, 3.8) is 0 Å². The van der Waals surface area contributed by atoms with E-state index in [1.807, 2.05) is 0 Å². The summed E-state index contributed by atoms with van der Waals surface area (Å²) in [5.41, 5.74) is -0.200. The molecule has 1 heterocycles. The van der Waals surface area contributed by atoms with E-state index in [0.29, 0.717) is 24.4 Å². The molecule has 1 aliphatic heterocycles. The van der Waals surface area contributed by atoms with Crippen molar-refractivity contribution in [3.8, 4) is 0 Å². The van der Waals surface area contributed by atoms with Crippen LogP contribution in [0, 0.1) is 5.82 Å². The molecular formula is C15H21ClFNO. The third kappa shape index (κ3) is 4.16. The first-order valence-electron chi connectivity index (χ1n) is 6.86. The van der Waals surface area contributed by atoms with E-state index in [2.05, 4.69) is 5.32 Å². The normalized spacial score (nSPS) is 23.1. The maximum absolute atomic E-state index is 13.4. The molecule has 0 radical (unpaired) electrons. The second-order valence-corrected chi connectivity index (χ2v) is 6.12. The zero-order chi connectivity index (χ0) is 13.9. The average molecular weight is 286 g/mol. The number of nitrogens with one attached hydrogen (secondary N) is 1. The minimum Gasteiger partial charge on any atom is -0.390 e. The van der Waals surface area contributed by atoms with Crippen molar-refractivity contribution in [2.75, 3.05) is 6.54 Å². The summed E-state index contributed by atoms with van der Waals surface area (Å²) in [6.07, 6.45) is 4.54. The molecular weight excluding hydrogens is 265 g/mol. The molecule has 0 saturated carbocycles. The minimum atomic E-state index is -0.869. The summed E-state index contributed by atoms with van der Waals surface area (Å²) in [5, 5.41) is 14.1. The summed E-state index contributed by atoms with van der Waals surface area (Å²) in [6, 6.07) is 5.08. The fourth-order valence-electron chi connectivity index (χ4n) is 2.80. The topological polar surface area (TPSA) is 32.3 Å². The van der Waals surface area contributed by atoms with Gasteiger partial charge in [-0.2, -0.15) is 0 Å². The van der Waals surface area contributed by atoms with Gasteiger partial charge >= 0.3 is 0 Å². The van der Waals surface area contributed by atoms with Gasteiger partial charge < -0.3 is 10.4 Å². The van der Waals surface area contributed by atoms with Gasteiger partial charge in [0.05, 0.1) is 10.6 Å². The molecule has 1 aromatic rings. The van der Waals surface area contributed by atoms with E-state index in [1.165, 1.54) is 18.9 Å². The van der Waals surface area contributed by atoms with Crippen LogP contribution in [0.15, 0.2) is 18.2 Å². The van der Waals surface area contributed by atoms with E-state index < -0.39 is 11.4 Å². The SMILES string of the molecule is CC(O)(Cc1cccc(F)c1Cl)CC1CCCCN1. The molecule has 1 aromatic carbocycles. The van der Waals surface area contributed by atoms with Crippen molar-refractivity contribution in [1.29, 1.82) is 0 Å². The Bertz CT molecular complexity index is 430. The summed E-state index contributed by atoms with van der Waals surface area (Å²) in [5.74, 6) is -0.425. The number of benzene rings is 1. The zero-order valence-electron chi connectivity index (χ0n) is 11.3. The number of piperidine rings is 1. The third-order valence-electron chi connectivity index (χ3n) is 3.70. The first-order valence-corrected chi connectivity index (χ1v) is 7.24. The predicted molar refractivity (Wildman–Crippen MR) is 76.0 cm³/mol. The van der Waals surface area contributed by atoms with Crippen molar-refractivity contribution in [3.05, 3.63) is 34.6 Å². The molecule has 0 aliphatic carbocycles. The molecule has 1 fully saturated rings. The molecule has 0 amide bonds. The Morgan fingerprint density at radius 3 is 2.95 bits per heavy atom. The van der Waals surface area contributed by atoms with Gasteiger partial charge in [0.25, 0.3) is 0 Å². The third-order valence-corrected chi connectivity index (χ3v) is 4.12. The Morgan fingerprint density at radius 1 is 1.47 bits per heavy atom. The van der Waals surface area contributed by atoms with Crippen molar-refractivity contribution in [2.24, 2.45) is 0 Å².